The third kappa shape index (κ3) is 14.2. The number of nitrogens with one attached hydrogen (secondary N) is 1. The fourth-order valence-corrected chi connectivity index (χ4v) is 7.04. The molecule has 0 amide bonds. The second-order valence-electron chi connectivity index (χ2n) is 13.0. The molecule has 0 radical (unpaired) electrons. The predicted octanol–water partition coefficient (Wildman–Crippen LogP) is 10.2. The molecule has 1 N–H and O–H groups in total. The topological polar surface area (TPSA) is 64.8 Å². The third-order valence-electron chi connectivity index (χ3n) is 8.93. The fraction of sp³-hybridized carbons (Fsp3) is 0.310. The van der Waals surface area contributed by atoms with Crippen LogP contribution in [0.5, 0.6) is 0 Å². The van der Waals surface area contributed by atoms with E-state index >= 15 is 0 Å². The molecule has 292 valence electrons. The number of imidazole rings is 1. The van der Waals surface area contributed by atoms with Crippen molar-refractivity contribution in [2.24, 2.45) is 12.0 Å². The maximum Gasteiger partial charge on any atom is 0.131 e. The molecule has 1 atom stereocenters. The molecular weight excluding hydrogens is 757 g/mol. The van der Waals surface area contributed by atoms with Crippen LogP contribution in [0.1, 0.15) is 60.3 Å². The number of aliphatic imine (C=N–C) groups is 1. The van der Waals surface area contributed by atoms with Gasteiger partial charge in [0.05, 0.1) is 41.4 Å². The van der Waals surface area contributed by atoms with Gasteiger partial charge in [0, 0.05) is 92.8 Å². The Balaban J connectivity index is 0.000000192. The molecule has 0 aliphatic carbocycles. The van der Waals surface area contributed by atoms with Crippen molar-refractivity contribution in [3.8, 4) is 0 Å². The highest BCUT2D eigenvalue weighted by Crippen LogP contribution is 2.26. The minimum absolute atomic E-state index is 0.167. The second-order valence-corrected chi connectivity index (χ2v) is 14.6. The van der Waals surface area contributed by atoms with Gasteiger partial charge >= 0.3 is 0 Å². The molecule has 0 spiro atoms. The molecule has 1 saturated heterocycles. The number of likely N-dealkylation sites (tertiary alicyclic amines) is 1. The van der Waals surface area contributed by atoms with Crippen LogP contribution in [-0.2, 0) is 33.2 Å². The van der Waals surface area contributed by atoms with Crippen molar-refractivity contribution < 1.29 is 8.78 Å². The molecule has 2 aromatic heterocycles. The zero-order valence-electron chi connectivity index (χ0n) is 31.7. The largest absolute Gasteiger partial charge is 0.359 e. The summed E-state index contributed by atoms with van der Waals surface area (Å²) in [6.07, 6.45) is 9.83. The zero-order valence-corrected chi connectivity index (χ0v) is 34.0. The molecule has 5 aromatic rings. The molecule has 1 aliphatic heterocycles. The van der Waals surface area contributed by atoms with Crippen LogP contribution >= 0.6 is 34.5 Å². The first-order valence-corrected chi connectivity index (χ1v) is 19.8. The first kappa shape index (κ1) is 43.2. The lowest BCUT2D eigenvalue weighted by atomic mass is 10.0. The van der Waals surface area contributed by atoms with Gasteiger partial charge in [-0.1, -0.05) is 73.6 Å². The van der Waals surface area contributed by atoms with Crippen molar-refractivity contribution in [2.45, 2.75) is 58.4 Å². The number of benzene rings is 3. The molecule has 3 heterocycles. The summed E-state index contributed by atoms with van der Waals surface area (Å²) >= 11 is 13.9. The number of halogens is 4. The summed E-state index contributed by atoms with van der Waals surface area (Å²) in [6, 6.07) is 19.5. The first-order valence-electron chi connectivity index (χ1n) is 18.1. The molecule has 0 saturated carbocycles. The van der Waals surface area contributed by atoms with E-state index in [4.69, 9.17) is 23.2 Å². The molecule has 6 rings (SSSR count). The van der Waals surface area contributed by atoms with Gasteiger partial charge in [-0.3, -0.25) is 0 Å². The average Bonchev–Trinajstić information content (AvgIpc) is 3.97. The summed E-state index contributed by atoms with van der Waals surface area (Å²) in [5.74, 6) is -0.0216. The summed E-state index contributed by atoms with van der Waals surface area (Å²) in [6.45, 7) is 15.1. The Morgan fingerprint density at radius 3 is 2.22 bits per heavy atom. The van der Waals surface area contributed by atoms with Crippen LogP contribution in [0.3, 0.4) is 0 Å². The number of hydrogen-bond acceptors (Lipinski definition) is 7. The Labute approximate surface area is 338 Å². The lowest BCUT2D eigenvalue weighted by molar-refractivity contribution is 0.223. The van der Waals surface area contributed by atoms with Crippen LogP contribution in [0.25, 0.3) is 0 Å². The second kappa shape index (κ2) is 22.7. The number of rotatable bonds is 15. The Kier molecular flexibility index (Phi) is 17.9. The van der Waals surface area contributed by atoms with Gasteiger partial charge in [-0.25, -0.2) is 23.7 Å². The molecule has 1 aliphatic rings. The SMILES string of the molecule is C=C(N1CCCC1)N(Cc1cccc(Cl)c1)Cc1cccc(Cl)c1.C=CN=CN(C)C(CC)c1ccc(F)cc1F.Cn1cncc1CNCc1cscn1. The van der Waals surface area contributed by atoms with Gasteiger partial charge in [0.2, 0.25) is 0 Å². The summed E-state index contributed by atoms with van der Waals surface area (Å²) in [5.41, 5.74) is 6.96. The number of thiazole rings is 1. The van der Waals surface area contributed by atoms with E-state index in [-0.39, 0.29) is 6.04 Å². The zero-order chi connectivity index (χ0) is 39.6. The maximum absolute atomic E-state index is 13.6. The minimum atomic E-state index is -0.566. The first-order chi connectivity index (χ1) is 26.6. The van der Waals surface area contributed by atoms with Crippen molar-refractivity contribution in [3.63, 3.8) is 0 Å². The standard InChI is InChI=1S/C20H22Cl2N2.C13H16F2N2.C9H12N4S/c1-16(23-10-2-3-11-23)24(14-17-6-4-8-19(21)12-17)15-18-7-5-9-20(22)13-18;1-4-13(17(3)9-16-5-2)11-7-6-10(14)8-12(11)15;1-13-6-11-4-9(13)3-10-2-8-5-14-7-12-8/h4-9,12-13H,1-3,10-11,14-15H2;5-9,13H,2,4H2,1,3H3;4-7,10H,2-3H2,1H3. The highest BCUT2D eigenvalue weighted by molar-refractivity contribution is 7.07. The minimum Gasteiger partial charge on any atom is -0.359 e. The van der Waals surface area contributed by atoms with Crippen LogP contribution in [0, 0.1) is 11.6 Å². The van der Waals surface area contributed by atoms with Gasteiger partial charge in [-0.15, -0.1) is 11.3 Å². The van der Waals surface area contributed by atoms with Crippen molar-refractivity contribution in [3.05, 3.63) is 165 Å². The van der Waals surface area contributed by atoms with E-state index in [0.717, 1.165) is 66.9 Å². The van der Waals surface area contributed by atoms with Gasteiger partial charge in [-0.2, -0.15) is 0 Å². The smallest absolute Gasteiger partial charge is 0.131 e. The molecule has 55 heavy (non-hydrogen) atoms. The van der Waals surface area contributed by atoms with Gasteiger partial charge in [-0.05, 0) is 60.7 Å². The van der Waals surface area contributed by atoms with E-state index in [9.17, 15) is 8.78 Å². The van der Waals surface area contributed by atoms with E-state index < -0.39 is 11.6 Å². The number of aryl methyl sites for hydroxylation is 1. The van der Waals surface area contributed by atoms with E-state index in [1.165, 1.54) is 48.0 Å². The Morgan fingerprint density at radius 2 is 1.69 bits per heavy atom. The maximum atomic E-state index is 13.6. The fourth-order valence-electron chi connectivity index (χ4n) is 6.06. The highest BCUT2D eigenvalue weighted by Gasteiger charge is 2.20. The lowest BCUT2D eigenvalue weighted by Gasteiger charge is -2.33. The van der Waals surface area contributed by atoms with Crippen molar-refractivity contribution >= 4 is 40.9 Å². The Hall–Kier alpha value is -4.55. The average molecular weight is 808 g/mol. The van der Waals surface area contributed by atoms with Crippen LogP contribution in [0.4, 0.5) is 8.78 Å². The molecule has 1 unspecified atom stereocenters. The van der Waals surface area contributed by atoms with Crippen molar-refractivity contribution in [1.29, 1.82) is 0 Å². The predicted molar refractivity (Wildman–Crippen MR) is 224 cm³/mol. The summed E-state index contributed by atoms with van der Waals surface area (Å²) in [5, 5.41) is 6.90. The van der Waals surface area contributed by atoms with Crippen molar-refractivity contribution in [1.82, 2.24) is 34.6 Å². The summed E-state index contributed by atoms with van der Waals surface area (Å²) < 4.78 is 28.5. The van der Waals surface area contributed by atoms with Gasteiger partial charge < -0.3 is 24.6 Å². The summed E-state index contributed by atoms with van der Waals surface area (Å²) in [4.78, 5) is 18.6. The molecule has 13 heteroatoms. The molecule has 8 nitrogen and oxygen atoms in total. The van der Waals surface area contributed by atoms with Gasteiger partial charge in [0.1, 0.15) is 11.6 Å². The normalized spacial score (nSPS) is 12.7. The van der Waals surface area contributed by atoms with Gasteiger partial charge in [0.25, 0.3) is 0 Å². The van der Waals surface area contributed by atoms with Crippen LogP contribution in [0.15, 0.2) is 120 Å². The summed E-state index contributed by atoms with van der Waals surface area (Å²) in [7, 11) is 3.79. The molecule has 0 bridgehead atoms. The van der Waals surface area contributed by atoms with Crippen LogP contribution in [-0.4, -0.2) is 55.7 Å². The number of nitrogens with zero attached hydrogens (tertiary/aromatic N) is 7. The van der Waals surface area contributed by atoms with Gasteiger partial charge in [0.15, 0.2) is 0 Å². The lowest BCUT2D eigenvalue weighted by Crippen LogP contribution is -2.32. The van der Waals surface area contributed by atoms with E-state index in [1.54, 1.807) is 36.0 Å². The molecular formula is C42H50Cl2F2N8S. The van der Waals surface area contributed by atoms with E-state index in [1.807, 2.05) is 66.6 Å². The Bertz CT molecular complexity index is 1900. The monoisotopic (exact) mass is 806 g/mol. The van der Waals surface area contributed by atoms with E-state index in [2.05, 4.69) is 60.7 Å². The van der Waals surface area contributed by atoms with Crippen molar-refractivity contribution in [2.75, 3.05) is 20.1 Å². The molecule has 3 aromatic carbocycles. The quantitative estimate of drug-likeness (QED) is 0.0840. The number of hydrogen-bond donors (Lipinski definition) is 1. The van der Waals surface area contributed by atoms with Crippen LogP contribution in [0.2, 0.25) is 10.0 Å². The number of aromatic nitrogens is 3. The van der Waals surface area contributed by atoms with Crippen LogP contribution < -0.4 is 5.32 Å². The highest BCUT2D eigenvalue weighted by atomic mass is 35.5. The molecule has 1 fully saturated rings. The Morgan fingerprint density at radius 1 is 1.02 bits per heavy atom. The van der Waals surface area contributed by atoms with E-state index in [0.29, 0.717) is 12.0 Å². The third-order valence-corrected chi connectivity index (χ3v) is 10.0.